The van der Waals surface area contributed by atoms with Crippen LogP contribution >= 0.6 is 0 Å². The van der Waals surface area contributed by atoms with Gasteiger partial charge in [0, 0.05) is 13.7 Å². The lowest BCUT2D eigenvalue weighted by Gasteiger charge is -2.19. The fraction of sp³-hybridized carbons (Fsp3) is 0.625. The van der Waals surface area contributed by atoms with Crippen LogP contribution in [0.1, 0.15) is 45.8 Å². The molecule has 0 spiro atoms. The fourth-order valence-electron chi connectivity index (χ4n) is 1.32. The van der Waals surface area contributed by atoms with Crippen LogP contribution in [0.5, 0.6) is 0 Å². The SMILES string of the molecule is CC.CCC.COC(CN(C)C)c1ccccc1. The number of hydrogen-bond acceptors (Lipinski definition) is 2. The minimum atomic E-state index is 0.177. The second-order valence-electron chi connectivity index (χ2n) is 4.10. The Kier molecular flexibility index (Phi) is 15.4. The lowest BCUT2D eigenvalue weighted by molar-refractivity contribution is 0.0784. The summed E-state index contributed by atoms with van der Waals surface area (Å²) in [7, 11) is 5.85. The van der Waals surface area contributed by atoms with E-state index in [4.69, 9.17) is 4.74 Å². The van der Waals surface area contributed by atoms with Crippen molar-refractivity contribution in [1.82, 2.24) is 4.90 Å². The summed E-state index contributed by atoms with van der Waals surface area (Å²) in [6.45, 7) is 9.17. The number of benzene rings is 1. The van der Waals surface area contributed by atoms with Gasteiger partial charge in [-0.15, -0.1) is 0 Å². The normalized spacial score (nSPS) is 10.9. The molecule has 0 N–H and O–H groups in total. The Morgan fingerprint density at radius 1 is 1.06 bits per heavy atom. The summed E-state index contributed by atoms with van der Waals surface area (Å²) in [5, 5.41) is 0. The molecule has 0 aliphatic heterocycles. The van der Waals surface area contributed by atoms with Gasteiger partial charge < -0.3 is 9.64 Å². The zero-order valence-electron chi connectivity index (χ0n) is 13.2. The molecule has 1 aromatic carbocycles. The Balaban J connectivity index is 0. The van der Waals surface area contributed by atoms with Gasteiger partial charge in [0.15, 0.2) is 0 Å². The van der Waals surface area contributed by atoms with Crippen LogP contribution in [-0.4, -0.2) is 32.6 Å². The van der Waals surface area contributed by atoms with Gasteiger partial charge in [0.05, 0.1) is 6.10 Å². The number of hydrogen-bond donors (Lipinski definition) is 0. The van der Waals surface area contributed by atoms with Crippen LogP contribution < -0.4 is 0 Å². The van der Waals surface area contributed by atoms with Crippen molar-refractivity contribution in [2.24, 2.45) is 0 Å². The van der Waals surface area contributed by atoms with E-state index in [1.807, 2.05) is 32.0 Å². The van der Waals surface area contributed by atoms with Crippen molar-refractivity contribution in [3.8, 4) is 0 Å². The first kappa shape index (κ1) is 19.5. The smallest absolute Gasteiger partial charge is 0.0947 e. The second kappa shape index (κ2) is 14.2. The molecule has 0 aliphatic carbocycles. The minimum absolute atomic E-state index is 0.177. The van der Waals surface area contributed by atoms with Gasteiger partial charge in [0.2, 0.25) is 0 Å². The summed E-state index contributed by atoms with van der Waals surface area (Å²) in [5.41, 5.74) is 1.23. The molecule has 0 heterocycles. The van der Waals surface area contributed by atoms with Gasteiger partial charge in [-0.05, 0) is 19.7 Å². The first-order chi connectivity index (χ1) is 8.65. The molecule has 0 aromatic heterocycles. The van der Waals surface area contributed by atoms with Crippen molar-refractivity contribution in [2.75, 3.05) is 27.7 Å². The first-order valence-electron chi connectivity index (χ1n) is 6.88. The second-order valence-corrected chi connectivity index (χ2v) is 4.10. The molecule has 2 heteroatoms. The van der Waals surface area contributed by atoms with E-state index in [0.29, 0.717) is 0 Å². The molecule has 0 saturated heterocycles. The number of ether oxygens (including phenoxy) is 1. The molecular weight excluding hydrogens is 222 g/mol. The molecule has 0 amide bonds. The van der Waals surface area contributed by atoms with E-state index < -0.39 is 0 Å². The molecule has 1 atom stereocenters. The summed E-state index contributed by atoms with van der Waals surface area (Å²) in [5.74, 6) is 0. The van der Waals surface area contributed by atoms with E-state index in [-0.39, 0.29) is 6.10 Å². The molecule has 106 valence electrons. The predicted molar refractivity (Wildman–Crippen MR) is 82.1 cm³/mol. The van der Waals surface area contributed by atoms with Crippen LogP contribution in [-0.2, 0) is 4.74 Å². The maximum Gasteiger partial charge on any atom is 0.0947 e. The number of rotatable bonds is 4. The summed E-state index contributed by atoms with van der Waals surface area (Å²) in [6.07, 6.45) is 1.43. The minimum Gasteiger partial charge on any atom is -0.375 e. The molecule has 2 nitrogen and oxygen atoms in total. The molecule has 0 aliphatic rings. The van der Waals surface area contributed by atoms with E-state index in [1.54, 1.807) is 7.11 Å². The van der Waals surface area contributed by atoms with Crippen LogP contribution in [0.3, 0.4) is 0 Å². The van der Waals surface area contributed by atoms with Crippen LogP contribution in [0.4, 0.5) is 0 Å². The Morgan fingerprint density at radius 2 is 1.50 bits per heavy atom. The van der Waals surface area contributed by atoms with E-state index in [9.17, 15) is 0 Å². The van der Waals surface area contributed by atoms with Crippen LogP contribution in [0.15, 0.2) is 30.3 Å². The van der Waals surface area contributed by atoms with Crippen molar-refractivity contribution in [2.45, 2.75) is 40.2 Å². The summed E-state index contributed by atoms with van der Waals surface area (Å²) in [4.78, 5) is 2.13. The Labute approximate surface area is 114 Å². The number of likely N-dealkylation sites (N-methyl/N-ethyl adjacent to an activating group) is 1. The molecule has 1 aromatic rings. The molecular formula is C16H31NO. The van der Waals surface area contributed by atoms with Gasteiger partial charge in [0.25, 0.3) is 0 Å². The quantitative estimate of drug-likeness (QED) is 0.789. The fourth-order valence-corrected chi connectivity index (χ4v) is 1.32. The topological polar surface area (TPSA) is 12.5 Å². The molecule has 0 bridgehead atoms. The predicted octanol–water partition coefficient (Wildman–Crippen LogP) is 4.38. The van der Waals surface area contributed by atoms with Crippen LogP contribution in [0.25, 0.3) is 0 Å². The molecule has 0 saturated carbocycles. The van der Waals surface area contributed by atoms with Crippen LogP contribution in [0, 0.1) is 0 Å². The summed E-state index contributed by atoms with van der Waals surface area (Å²) in [6, 6.07) is 10.3. The van der Waals surface area contributed by atoms with Crippen LogP contribution in [0.2, 0.25) is 0 Å². The van der Waals surface area contributed by atoms with Crippen molar-refractivity contribution in [1.29, 1.82) is 0 Å². The van der Waals surface area contributed by atoms with Gasteiger partial charge in [-0.25, -0.2) is 0 Å². The Morgan fingerprint density at radius 3 is 1.83 bits per heavy atom. The lowest BCUT2D eigenvalue weighted by atomic mass is 10.1. The highest BCUT2D eigenvalue weighted by molar-refractivity contribution is 5.17. The van der Waals surface area contributed by atoms with Crippen molar-refractivity contribution < 1.29 is 4.74 Å². The Bertz CT molecular complexity index is 247. The highest BCUT2D eigenvalue weighted by Gasteiger charge is 2.09. The van der Waals surface area contributed by atoms with Crippen molar-refractivity contribution in [3.05, 3.63) is 35.9 Å². The van der Waals surface area contributed by atoms with E-state index in [2.05, 4.69) is 45.0 Å². The van der Waals surface area contributed by atoms with E-state index >= 15 is 0 Å². The van der Waals surface area contributed by atoms with Gasteiger partial charge in [0.1, 0.15) is 0 Å². The lowest BCUT2D eigenvalue weighted by Crippen LogP contribution is -2.21. The van der Waals surface area contributed by atoms with Gasteiger partial charge in [-0.3, -0.25) is 0 Å². The standard InChI is InChI=1S/C11H17NO.C3H8.C2H6/c1-12(2)9-11(13-3)10-7-5-4-6-8-10;1-3-2;1-2/h4-8,11H,9H2,1-3H3;3H2,1-2H3;1-2H3. The summed E-state index contributed by atoms with van der Waals surface area (Å²) < 4.78 is 5.41. The zero-order valence-corrected chi connectivity index (χ0v) is 13.2. The molecule has 1 unspecified atom stereocenters. The van der Waals surface area contributed by atoms with E-state index in [1.165, 1.54) is 12.0 Å². The molecule has 18 heavy (non-hydrogen) atoms. The van der Waals surface area contributed by atoms with Crippen molar-refractivity contribution >= 4 is 0 Å². The maximum atomic E-state index is 5.41. The highest BCUT2D eigenvalue weighted by atomic mass is 16.5. The maximum absolute atomic E-state index is 5.41. The molecule has 1 rings (SSSR count). The monoisotopic (exact) mass is 253 g/mol. The number of nitrogens with zero attached hydrogens (tertiary/aromatic N) is 1. The third-order valence-electron chi connectivity index (χ3n) is 1.99. The Hall–Kier alpha value is -0.860. The zero-order chi connectivity index (χ0) is 14.4. The summed E-state index contributed by atoms with van der Waals surface area (Å²) >= 11 is 0. The van der Waals surface area contributed by atoms with Gasteiger partial charge in [-0.2, -0.15) is 0 Å². The highest BCUT2D eigenvalue weighted by Crippen LogP contribution is 2.16. The average molecular weight is 253 g/mol. The number of methoxy groups -OCH3 is 1. The van der Waals surface area contributed by atoms with Gasteiger partial charge in [-0.1, -0.05) is 64.4 Å². The molecule has 0 fully saturated rings. The first-order valence-corrected chi connectivity index (χ1v) is 6.88. The average Bonchev–Trinajstić information content (AvgIpc) is 2.40. The largest absolute Gasteiger partial charge is 0.375 e. The third-order valence-corrected chi connectivity index (χ3v) is 1.99. The van der Waals surface area contributed by atoms with E-state index in [0.717, 1.165) is 6.54 Å². The third kappa shape index (κ3) is 10.3. The van der Waals surface area contributed by atoms with Gasteiger partial charge >= 0.3 is 0 Å². The van der Waals surface area contributed by atoms with Crippen molar-refractivity contribution in [3.63, 3.8) is 0 Å². The molecule has 0 radical (unpaired) electrons.